The van der Waals surface area contributed by atoms with Crippen LogP contribution in [-0.2, 0) is 16.6 Å². The van der Waals surface area contributed by atoms with E-state index < -0.39 is 10.0 Å². The number of anilines is 1. The Hall–Kier alpha value is -2.25. The smallest absolute Gasteiger partial charge is 0.253 e. The third-order valence-corrected chi connectivity index (χ3v) is 6.64. The number of carbonyl (C=O) groups excluding carboxylic acids is 1. The van der Waals surface area contributed by atoms with Crippen molar-refractivity contribution in [2.24, 2.45) is 0 Å². The number of nitrogens with zero attached hydrogens (tertiary/aromatic N) is 1. The molecule has 0 bridgehead atoms. The molecule has 0 spiro atoms. The summed E-state index contributed by atoms with van der Waals surface area (Å²) in [6.07, 6.45) is 1.45. The van der Waals surface area contributed by atoms with Crippen molar-refractivity contribution in [3.63, 3.8) is 0 Å². The molecule has 0 atom stereocenters. The van der Waals surface area contributed by atoms with Gasteiger partial charge in [-0.15, -0.1) is 0 Å². The zero-order valence-corrected chi connectivity index (χ0v) is 16.5. The van der Waals surface area contributed by atoms with Crippen LogP contribution < -0.4 is 14.4 Å². The maximum atomic E-state index is 12.6. The van der Waals surface area contributed by atoms with Crippen molar-refractivity contribution in [3.8, 4) is 5.75 Å². The van der Waals surface area contributed by atoms with Gasteiger partial charge in [0.2, 0.25) is 10.0 Å². The van der Waals surface area contributed by atoms with Crippen LogP contribution in [0, 0.1) is 0 Å². The summed E-state index contributed by atoms with van der Waals surface area (Å²) >= 11 is 6.18. The van der Waals surface area contributed by atoms with Gasteiger partial charge in [-0.3, -0.25) is 9.10 Å². The first-order chi connectivity index (χ1) is 12.9. The number of carbonyl (C=O) groups is 1. The zero-order chi connectivity index (χ0) is 19.4. The fourth-order valence-corrected chi connectivity index (χ4v) is 4.78. The molecular weight excluding hydrogens is 388 g/mol. The van der Waals surface area contributed by atoms with Crippen LogP contribution in [0.15, 0.2) is 42.5 Å². The molecule has 0 aliphatic carbocycles. The molecule has 1 aliphatic heterocycles. The third kappa shape index (κ3) is 4.54. The van der Waals surface area contributed by atoms with Crippen LogP contribution in [0.2, 0.25) is 5.02 Å². The number of hydrogen-bond acceptors (Lipinski definition) is 4. The Balaban J connectivity index is 1.76. The van der Waals surface area contributed by atoms with Gasteiger partial charge in [0.05, 0.1) is 29.1 Å². The van der Waals surface area contributed by atoms with Crippen molar-refractivity contribution in [2.75, 3.05) is 23.7 Å². The molecule has 0 unspecified atom stereocenters. The van der Waals surface area contributed by atoms with E-state index in [2.05, 4.69) is 5.32 Å². The minimum Gasteiger partial charge on any atom is -0.497 e. The van der Waals surface area contributed by atoms with Gasteiger partial charge < -0.3 is 10.1 Å². The van der Waals surface area contributed by atoms with Crippen LogP contribution in [0.25, 0.3) is 0 Å². The van der Waals surface area contributed by atoms with E-state index in [9.17, 15) is 13.2 Å². The van der Waals surface area contributed by atoms with Crippen LogP contribution in [0.3, 0.4) is 0 Å². The standard InChI is InChI=1S/C19H21ClN2O4S/c1-26-16-7-4-14(5-8-16)13-21-19(23)17-12-15(6-9-18(17)20)22-10-2-3-11-27(22,24)25/h4-9,12H,2-3,10-11,13H2,1H3,(H,21,23). The Labute approximate surface area is 164 Å². The Kier molecular flexibility index (Phi) is 5.92. The summed E-state index contributed by atoms with van der Waals surface area (Å²) in [5, 5.41) is 3.09. The molecule has 0 aromatic heterocycles. The van der Waals surface area contributed by atoms with Crippen LogP contribution in [0.4, 0.5) is 5.69 Å². The van der Waals surface area contributed by atoms with E-state index in [0.717, 1.165) is 17.7 Å². The largest absolute Gasteiger partial charge is 0.497 e. The normalized spacial score (nSPS) is 16.0. The van der Waals surface area contributed by atoms with E-state index in [1.165, 1.54) is 10.4 Å². The molecule has 8 heteroatoms. The molecule has 0 saturated carbocycles. The van der Waals surface area contributed by atoms with E-state index in [1.807, 2.05) is 24.3 Å². The Morgan fingerprint density at radius 3 is 2.59 bits per heavy atom. The first-order valence-corrected chi connectivity index (χ1v) is 10.6. The van der Waals surface area contributed by atoms with E-state index in [1.54, 1.807) is 19.2 Å². The van der Waals surface area contributed by atoms with Crippen molar-refractivity contribution in [1.82, 2.24) is 5.32 Å². The van der Waals surface area contributed by atoms with Gasteiger partial charge in [-0.2, -0.15) is 0 Å². The van der Waals surface area contributed by atoms with Gasteiger partial charge in [-0.1, -0.05) is 23.7 Å². The number of halogens is 1. The fourth-order valence-electron chi connectivity index (χ4n) is 2.94. The monoisotopic (exact) mass is 408 g/mol. The molecule has 0 radical (unpaired) electrons. The molecule has 1 fully saturated rings. The Morgan fingerprint density at radius 2 is 1.93 bits per heavy atom. The molecule has 6 nitrogen and oxygen atoms in total. The topological polar surface area (TPSA) is 75.7 Å². The molecule has 2 aromatic rings. The number of ether oxygens (including phenoxy) is 1. The summed E-state index contributed by atoms with van der Waals surface area (Å²) in [4.78, 5) is 12.6. The van der Waals surface area contributed by atoms with Gasteiger partial charge in [-0.25, -0.2) is 8.42 Å². The highest BCUT2D eigenvalue weighted by molar-refractivity contribution is 7.92. The summed E-state index contributed by atoms with van der Waals surface area (Å²) in [6, 6.07) is 12.1. The summed E-state index contributed by atoms with van der Waals surface area (Å²) in [5.74, 6) is 0.505. The first-order valence-electron chi connectivity index (χ1n) is 8.62. The van der Waals surface area contributed by atoms with Crippen molar-refractivity contribution in [3.05, 3.63) is 58.6 Å². The molecule has 2 aromatic carbocycles. The molecule has 1 N–H and O–H groups in total. The number of rotatable bonds is 5. The molecule has 1 amide bonds. The lowest BCUT2D eigenvalue weighted by Crippen LogP contribution is -2.38. The van der Waals surface area contributed by atoms with Crippen LogP contribution in [0.1, 0.15) is 28.8 Å². The Morgan fingerprint density at radius 1 is 1.19 bits per heavy atom. The average molecular weight is 409 g/mol. The van der Waals surface area contributed by atoms with Gasteiger partial charge >= 0.3 is 0 Å². The number of sulfonamides is 1. The highest BCUT2D eigenvalue weighted by Crippen LogP contribution is 2.28. The van der Waals surface area contributed by atoms with Crippen molar-refractivity contribution >= 4 is 33.2 Å². The van der Waals surface area contributed by atoms with E-state index in [0.29, 0.717) is 25.2 Å². The lowest BCUT2D eigenvalue weighted by molar-refractivity contribution is 0.0951. The van der Waals surface area contributed by atoms with Crippen molar-refractivity contribution in [1.29, 1.82) is 0 Å². The number of benzene rings is 2. The lowest BCUT2D eigenvalue weighted by atomic mass is 10.1. The predicted molar refractivity (Wildman–Crippen MR) is 106 cm³/mol. The van der Waals surface area contributed by atoms with Crippen LogP contribution in [-0.4, -0.2) is 33.7 Å². The van der Waals surface area contributed by atoms with E-state index in [4.69, 9.17) is 16.3 Å². The van der Waals surface area contributed by atoms with Gasteiger partial charge in [-0.05, 0) is 48.7 Å². The minimum atomic E-state index is -3.35. The molecule has 27 heavy (non-hydrogen) atoms. The van der Waals surface area contributed by atoms with Gasteiger partial charge in [0.25, 0.3) is 5.91 Å². The summed E-state index contributed by atoms with van der Waals surface area (Å²) < 4.78 is 31.1. The van der Waals surface area contributed by atoms with Gasteiger partial charge in [0.15, 0.2) is 0 Å². The zero-order valence-electron chi connectivity index (χ0n) is 14.9. The highest BCUT2D eigenvalue weighted by Gasteiger charge is 2.27. The molecule has 1 saturated heterocycles. The SMILES string of the molecule is COc1ccc(CNC(=O)c2cc(N3CCCCS3(=O)=O)ccc2Cl)cc1. The minimum absolute atomic E-state index is 0.120. The maximum absolute atomic E-state index is 12.6. The second-order valence-corrected chi connectivity index (χ2v) is 8.71. The lowest BCUT2D eigenvalue weighted by Gasteiger charge is -2.28. The summed E-state index contributed by atoms with van der Waals surface area (Å²) in [6.45, 7) is 0.738. The number of nitrogens with one attached hydrogen (secondary N) is 1. The van der Waals surface area contributed by atoms with Gasteiger partial charge in [0.1, 0.15) is 5.75 Å². The summed E-state index contributed by atoms with van der Waals surface area (Å²) in [5.41, 5.74) is 1.63. The van der Waals surface area contributed by atoms with Crippen LogP contribution in [0.5, 0.6) is 5.75 Å². The molecule has 1 heterocycles. The molecular formula is C19H21ClN2O4S. The molecule has 3 rings (SSSR count). The molecule has 144 valence electrons. The summed E-state index contributed by atoms with van der Waals surface area (Å²) in [7, 11) is -1.76. The molecule has 1 aliphatic rings. The maximum Gasteiger partial charge on any atom is 0.253 e. The average Bonchev–Trinajstić information content (AvgIpc) is 2.67. The quantitative estimate of drug-likeness (QED) is 0.824. The Bertz CT molecular complexity index is 929. The highest BCUT2D eigenvalue weighted by atomic mass is 35.5. The van der Waals surface area contributed by atoms with Crippen LogP contribution >= 0.6 is 11.6 Å². The fraction of sp³-hybridized carbons (Fsp3) is 0.316. The second-order valence-electron chi connectivity index (χ2n) is 6.29. The predicted octanol–water partition coefficient (Wildman–Crippen LogP) is 3.21. The number of amides is 1. The third-order valence-electron chi connectivity index (χ3n) is 4.44. The van der Waals surface area contributed by atoms with Crippen molar-refractivity contribution in [2.45, 2.75) is 19.4 Å². The van der Waals surface area contributed by atoms with Gasteiger partial charge in [0, 0.05) is 13.1 Å². The number of hydrogen-bond donors (Lipinski definition) is 1. The van der Waals surface area contributed by atoms with E-state index in [-0.39, 0.29) is 22.2 Å². The van der Waals surface area contributed by atoms with E-state index >= 15 is 0 Å². The first kappa shape index (κ1) is 19.5. The second kappa shape index (κ2) is 8.19. The van der Waals surface area contributed by atoms with Crippen molar-refractivity contribution < 1.29 is 17.9 Å². The number of methoxy groups -OCH3 is 1.